The summed E-state index contributed by atoms with van der Waals surface area (Å²) in [6, 6.07) is -0.220. The van der Waals surface area contributed by atoms with E-state index in [1.807, 2.05) is 13.8 Å². The normalized spacial score (nSPS) is 28.9. The number of carbonyl (C=O) groups is 1. The van der Waals surface area contributed by atoms with Crippen molar-refractivity contribution in [3.05, 3.63) is 0 Å². The number of carbonyl (C=O) groups excluding carboxylic acids is 1. The smallest absolute Gasteiger partial charge is 0.237 e. The highest BCUT2D eigenvalue weighted by atomic mass is 16.3. The summed E-state index contributed by atoms with van der Waals surface area (Å²) in [5.41, 5.74) is 5.74. The van der Waals surface area contributed by atoms with Crippen molar-refractivity contribution < 1.29 is 9.90 Å². The van der Waals surface area contributed by atoms with Crippen LogP contribution in [0.4, 0.5) is 0 Å². The number of aliphatic hydroxyl groups excluding tert-OH is 1. The van der Waals surface area contributed by atoms with Crippen LogP contribution in [-0.2, 0) is 4.79 Å². The number of nitrogens with one attached hydrogen (secondary N) is 1. The molecule has 0 aromatic carbocycles. The highest BCUT2D eigenvalue weighted by Crippen LogP contribution is 2.18. The minimum Gasteiger partial charge on any atom is -0.393 e. The van der Waals surface area contributed by atoms with Crippen LogP contribution in [0.2, 0.25) is 0 Å². The van der Waals surface area contributed by atoms with Gasteiger partial charge >= 0.3 is 0 Å². The second-order valence-electron chi connectivity index (χ2n) is 4.78. The molecule has 0 spiro atoms. The van der Waals surface area contributed by atoms with Crippen molar-refractivity contribution >= 4 is 5.91 Å². The molecule has 1 aliphatic rings. The van der Waals surface area contributed by atoms with E-state index in [9.17, 15) is 9.90 Å². The van der Waals surface area contributed by atoms with Gasteiger partial charge in [0.1, 0.15) is 0 Å². The van der Waals surface area contributed by atoms with Crippen molar-refractivity contribution in [1.82, 2.24) is 5.32 Å². The summed E-state index contributed by atoms with van der Waals surface area (Å²) in [7, 11) is 0. The predicted octanol–water partition coefficient (Wildman–Crippen LogP) is 0.389. The third kappa shape index (κ3) is 3.80. The molecule has 0 aromatic rings. The Hall–Kier alpha value is -0.610. The molecule has 15 heavy (non-hydrogen) atoms. The first kappa shape index (κ1) is 12.5. The summed E-state index contributed by atoms with van der Waals surface area (Å²) in [5.74, 6) is 0.102. The zero-order chi connectivity index (χ0) is 11.4. The molecule has 0 bridgehead atoms. The number of rotatable bonds is 3. The molecular weight excluding hydrogens is 192 g/mol. The van der Waals surface area contributed by atoms with Gasteiger partial charge in [0.25, 0.3) is 0 Å². The van der Waals surface area contributed by atoms with Crippen LogP contribution in [0.1, 0.15) is 39.5 Å². The topological polar surface area (TPSA) is 75.4 Å². The van der Waals surface area contributed by atoms with Crippen LogP contribution < -0.4 is 11.1 Å². The molecule has 1 rings (SSSR count). The zero-order valence-corrected chi connectivity index (χ0v) is 9.57. The lowest BCUT2D eigenvalue weighted by Gasteiger charge is -2.27. The molecule has 1 saturated carbocycles. The van der Waals surface area contributed by atoms with Crippen LogP contribution in [0, 0.1) is 5.92 Å². The lowest BCUT2D eigenvalue weighted by molar-refractivity contribution is -0.124. The van der Waals surface area contributed by atoms with Gasteiger partial charge in [0, 0.05) is 6.04 Å². The van der Waals surface area contributed by atoms with Crippen LogP contribution in [0.5, 0.6) is 0 Å². The van der Waals surface area contributed by atoms with Crippen molar-refractivity contribution in [2.75, 3.05) is 0 Å². The quantitative estimate of drug-likeness (QED) is 0.636. The summed E-state index contributed by atoms with van der Waals surface area (Å²) in [4.78, 5) is 11.6. The molecule has 1 amide bonds. The molecule has 88 valence electrons. The van der Waals surface area contributed by atoms with Crippen molar-refractivity contribution in [3.63, 3.8) is 0 Å². The number of aliphatic hydroxyl groups is 1. The Kier molecular flexibility index (Phi) is 4.54. The lowest BCUT2D eigenvalue weighted by Crippen LogP contribution is -2.48. The standard InChI is InChI=1S/C11H22N2O2/c1-7(2)10(12)11(15)13-8-3-5-9(14)6-4-8/h7-10,14H,3-6,12H2,1-2H3,(H,13,15)/t8?,9?,10-/m0/s1. The predicted molar refractivity (Wildman–Crippen MR) is 59.2 cm³/mol. The van der Waals surface area contributed by atoms with Crippen LogP contribution >= 0.6 is 0 Å². The minimum atomic E-state index is -0.420. The maximum atomic E-state index is 11.6. The molecule has 4 nitrogen and oxygen atoms in total. The number of hydrogen-bond donors (Lipinski definition) is 3. The minimum absolute atomic E-state index is 0.0635. The van der Waals surface area contributed by atoms with Crippen LogP contribution in [0.3, 0.4) is 0 Å². The van der Waals surface area contributed by atoms with Crippen LogP contribution in [0.25, 0.3) is 0 Å². The summed E-state index contributed by atoms with van der Waals surface area (Å²) in [5, 5.41) is 12.3. The van der Waals surface area contributed by atoms with E-state index in [1.165, 1.54) is 0 Å². The second kappa shape index (κ2) is 5.47. The third-order valence-corrected chi connectivity index (χ3v) is 3.06. The number of hydrogen-bond acceptors (Lipinski definition) is 3. The first-order chi connectivity index (χ1) is 7.00. The molecule has 0 saturated heterocycles. The Morgan fingerprint density at radius 2 is 1.87 bits per heavy atom. The lowest BCUT2D eigenvalue weighted by atomic mass is 9.92. The van der Waals surface area contributed by atoms with Gasteiger partial charge in [-0.05, 0) is 31.6 Å². The monoisotopic (exact) mass is 214 g/mol. The zero-order valence-electron chi connectivity index (χ0n) is 9.57. The van der Waals surface area contributed by atoms with E-state index >= 15 is 0 Å². The van der Waals surface area contributed by atoms with E-state index in [0.29, 0.717) is 0 Å². The van der Waals surface area contributed by atoms with Gasteiger partial charge in [-0.3, -0.25) is 4.79 Å². The Morgan fingerprint density at radius 1 is 1.33 bits per heavy atom. The Bertz CT molecular complexity index is 211. The first-order valence-corrected chi connectivity index (χ1v) is 5.74. The highest BCUT2D eigenvalue weighted by Gasteiger charge is 2.24. The largest absolute Gasteiger partial charge is 0.393 e. The fourth-order valence-corrected chi connectivity index (χ4v) is 1.82. The molecule has 1 fully saturated rings. The van der Waals surface area contributed by atoms with Gasteiger partial charge in [-0.2, -0.15) is 0 Å². The maximum absolute atomic E-state index is 11.6. The van der Waals surface area contributed by atoms with Crippen LogP contribution in [-0.4, -0.2) is 29.2 Å². The summed E-state index contributed by atoms with van der Waals surface area (Å²) in [6.45, 7) is 3.88. The van der Waals surface area contributed by atoms with Crippen molar-refractivity contribution in [3.8, 4) is 0 Å². The average molecular weight is 214 g/mol. The van der Waals surface area contributed by atoms with Gasteiger partial charge in [0.2, 0.25) is 5.91 Å². The molecule has 4 N–H and O–H groups in total. The summed E-state index contributed by atoms with van der Waals surface area (Å²) >= 11 is 0. The Balaban J connectivity index is 2.32. The summed E-state index contributed by atoms with van der Waals surface area (Å²) < 4.78 is 0. The van der Waals surface area contributed by atoms with Crippen molar-refractivity contribution in [1.29, 1.82) is 0 Å². The summed E-state index contributed by atoms with van der Waals surface area (Å²) in [6.07, 6.45) is 3.09. The van der Waals surface area contributed by atoms with Crippen molar-refractivity contribution in [2.24, 2.45) is 11.7 Å². The third-order valence-electron chi connectivity index (χ3n) is 3.06. The SMILES string of the molecule is CC(C)[C@H](N)C(=O)NC1CCC(O)CC1. The molecule has 0 heterocycles. The molecule has 1 aliphatic carbocycles. The number of amides is 1. The van der Waals surface area contributed by atoms with Gasteiger partial charge < -0.3 is 16.2 Å². The fraction of sp³-hybridized carbons (Fsp3) is 0.909. The van der Waals surface area contributed by atoms with E-state index < -0.39 is 6.04 Å². The van der Waals surface area contributed by atoms with E-state index in [4.69, 9.17) is 5.73 Å². The molecule has 0 radical (unpaired) electrons. The molecule has 0 aromatic heterocycles. The highest BCUT2D eigenvalue weighted by molar-refractivity contribution is 5.82. The van der Waals surface area contributed by atoms with Gasteiger partial charge in [-0.1, -0.05) is 13.8 Å². The molecule has 0 unspecified atom stereocenters. The van der Waals surface area contributed by atoms with Gasteiger partial charge in [-0.25, -0.2) is 0 Å². The Labute approximate surface area is 91.2 Å². The fourth-order valence-electron chi connectivity index (χ4n) is 1.82. The van der Waals surface area contributed by atoms with Gasteiger partial charge in [0.15, 0.2) is 0 Å². The molecular formula is C11H22N2O2. The molecule has 0 aliphatic heterocycles. The van der Waals surface area contributed by atoms with E-state index in [-0.39, 0.29) is 24.0 Å². The van der Waals surface area contributed by atoms with Crippen molar-refractivity contribution in [2.45, 2.75) is 57.7 Å². The van der Waals surface area contributed by atoms with Crippen LogP contribution in [0.15, 0.2) is 0 Å². The van der Waals surface area contributed by atoms with Gasteiger partial charge in [-0.15, -0.1) is 0 Å². The molecule has 4 heteroatoms. The first-order valence-electron chi connectivity index (χ1n) is 5.74. The van der Waals surface area contributed by atoms with E-state index in [1.54, 1.807) is 0 Å². The second-order valence-corrected chi connectivity index (χ2v) is 4.78. The molecule has 1 atom stereocenters. The van der Waals surface area contributed by atoms with E-state index in [0.717, 1.165) is 25.7 Å². The average Bonchev–Trinajstić information content (AvgIpc) is 2.20. The van der Waals surface area contributed by atoms with Gasteiger partial charge in [0.05, 0.1) is 12.1 Å². The van der Waals surface area contributed by atoms with E-state index in [2.05, 4.69) is 5.32 Å². The number of nitrogens with two attached hydrogens (primary N) is 1. The maximum Gasteiger partial charge on any atom is 0.237 e. The Morgan fingerprint density at radius 3 is 2.33 bits per heavy atom.